The second-order valence-electron chi connectivity index (χ2n) is 5.39. The van der Waals surface area contributed by atoms with Crippen LogP contribution in [0.4, 0.5) is 0 Å². The van der Waals surface area contributed by atoms with Gasteiger partial charge in [0, 0.05) is 0 Å². The quantitative estimate of drug-likeness (QED) is 0.693. The van der Waals surface area contributed by atoms with E-state index in [1.165, 1.54) is 16.4 Å². The molecule has 0 spiro atoms. The molecule has 1 aliphatic rings. The first-order chi connectivity index (χ1) is 8.53. The van der Waals surface area contributed by atoms with Crippen molar-refractivity contribution in [3.63, 3.8) is 0 Å². The van der Waals surface area contributed by atoms with Crippen LogP contribution >= 0.6 is 6.83 Å². The number of rotatable bonds is 1. The molecule has 0 saturated carbocycles. The maximum atomic E-state index is 6.40. The Hall–Kier alpha value is -1.59. The molecule has 0 aromatic heterocycles. The molecule has 92 valence electrons. The maximum absolute atomic E-state index is 6.40. The predicted octanol–water partition coefficient (Wildman–Crippen LogP) is 4.24. The van der Waals surface area contributed by atoms with Crippen molar-refractivity contribution in [2.45, 2.75) is 0 Å². The first kappa shape index (κ1) is 11.5. The van der Waals surface area contributed by atoms with Crippen molar-refractivity contribution in [1.29, 1.82) is 0 Å². The Kier molecular flexibility index (Phi) is 2.21. The Labute approximate surface area is 108 Å². The van der Waals surface area contributed by atoms with Gasteiger partial charge in [0.25, 0.3) is 0 Å². The van der Waals surface area contributed by atoms with Gasteiger partial charge in [0.2, 0.25) is 0 Å². The van der Waals surface area contributed by atoms with E-state index >= 15 is 0 Å². The SMILES string of the molecule is C=CP1(C)(C)Oc2ccccc2-c2ccccc21. The van der Waals surface area contributed by atoms with Crippen LogP contribution in [0.25, 0.3) is 11.1 Å². The molecule has 0 N–H and O–H groups in total. The molecule has 1 heterocycles. The van der Waals surface area contributed by atoms with Crippen molar-refractivity contribution in [3.05, 3.63) is 60.9 Å². The van der Waals surface area contributed by atoms with Crippen LogP contribution in [0.1, 0.15) is 0 Å². The Bertz CT molecular complexity index is 643. The Morgan fingerprint density at radius 1 is 0.944 bits per heavy atom. The normalized spacial score (nSPS) is 20.4. The summed E-state index contributed by atoms with van der Waals surface area (Å²) < 4.78 is 6.40. The van der Waals surface area contributed by atoms with Crippen LogP contribution in [-0.4, -0.2) is 13.3 Å². The molecule has 0 fully saturated rings. The van der Waals surface area contributed by atoms with Crippen LogP contribution in [0.15, 0.2) is 60.9 Å². The minimum absolute atomic E-state index is 0.971. The zero-order valence-corrected chi connectivity index (χ0v) is 11.7. The molecule has 0 unspecified atom stereocenters. The summed E-state index contributed by atoms with van der Waals surface area (Å²) in [7, 11) is 0. The summed E-state index contributed by atoms with van der Waals surface area (Å²) in [4.78, 5) is 0. The average Bonchev–Trinajstić information content (AvgIpc) is 2.39. The van der Waals surface area contributed by atoms with Crippen molar-refractivity contribution >= 4 is 12.1 Å². The van der Waals surface area contributed by atoms with Crippen LogP contribution in [0.3, 0.4) is 0 Å². The van der Waals surface area contributed by atoms with Crippen molar-refractivity contribution in [3.8, 4) is 16.9 Å². The zero-order chi connectivity index (χ0) is 12.8. The Morgan fingerprint density at radius 2 is 1.56 bits per heavy atom. The van der Waals surface area contributed by atoms with Crippen LogP contribution < -0.4 is 9.83 Å². The summed E-state index contributed by atoms with van der Waals surface area (Å²) in [6, 6.07) is 16.7. The van der Waals surface area contributed by atoms with Gasteiger partial charge in [-0.2, -0.15) is 0 Å². The Balaban J connectivity index is 2.41. The van der Waals surface area contributed by atoms with E-state index in [0.29, 0.717) is 0 Å². The van der Waals surface area contributed by atoms with Gasteiger partial charge in [-0.3, -0.25) is 0 Å². The van der Waals surface area contributed by atoms with Crippen LogP contribution in [0, 0.1) is 0 Å². The standard InChI is InChI=1S/C16H17OP/c1-4-18(2,3)16-12-8-6-10-14(16)13-9-5-7-11-15(13)17-18/h4-12H,1H2,2-3H3. The van der Waals surface area contributed by atoms with Gasteiger partial charge in [-0.25, -0.2) is 0 Å². The molecule has 2 heteroatoms. The molecule has 0 amide bonds. The monoisotopic (exact) mass is 256 g/mol. The molecule has 2 aromatic carbocycles. The van der Waals surface area contributed by atoms with E-state index in [1.54, 1.807) is 0 Å². The van der Waals surface area contributed by atoms with E-state index in [-0.39, 0.29) is 0 Å². The van der Waals surface area contributed by atoms with E-state index in [1.807, 2.05) is 17.9 Å². The van der Waals surface area contributed by atoms with Gasteiger partial charge in [-0.1, -0.05) is 0 Å². The molecule has 3 rings (SSSR count). The van der Waals surface area contributed by atoms with Crippen LogP contribution in [0.5, 0.6) is 5.75 Å². The van der Waals surface area contributed by atoms with Crippen molar-refractivity contribution in [1.82, 2.24) is 0 Å². The summed E-state index contributed by atoms with van der Waals surface area (Å²) in [6.45, 7) is 5.94. The van der Waals surface area contributed by atoms with E-state index in [9.17, 15) is 0 Å². The molecular weight excluding hydrogens is 239 g/mol. The first-order valence-electron chi connectivity index (χ1n) is 6.08. The Morgan fingerprint density at radius 3 is 2.28 bits per heavy atom. The van der Waals surface area contributed by atoms with Gasteiger partial charge in [0.1, 0.15) is 0 Å². The molecule has 1 nitrogen and oxygen atoms in total. The number of hydrogen-bond donors (Lipinski definition) is 0. The fraction of sp³-hybridized carbons (Fsp3) is 0.125. The number of para-hydroxylation sites is 1. The van der Waals surface area contributed by atoms with Crippen LogP contribution in [-0.2, 0) is 0 Å². The van der Waals surface area contributed by atoms with Crippen LogP contribution in [0.2, 0.25) is 0 Å². The van der Waals surface area contributed by atoms with Gasteiger partial charge in [0.15, 0.2) is 0 Å². The first-order valence-corrected chi connectivity index (χ1v) is 9.19. The fourth-order valence-corrected chi connectivity index (χ4v) is 5.12. The zero-order valence-electron chi connectivity index (χ0n) is 10.8. The third-order valence-corrected chi connectivity index (χ3v) is 7.36. The summed E-state index contributed by atoms with van der Waals surface area (Å²) in [5.41, 5.74) is 2.46. The van der Waals surface area contributed by atoms with E-state index in [4.69, 9.17) is 4.52 Å². The second kappa shape index (κ2) is 3.46. The fourth-order valence-electron chi connectivity index (χ4n) is 2.54. The topological polar surface area (TPSA) is 9.23 Å². The van der Waals surface area contributed by atoms with E-state index < -0.39 is 6.83 Å². The molecule has 0 radical (unpaired) electrons. The number of hydrogen-bond acceptors (Lipinski definition) is 1. The van der Waals surface area contributed by atoms with Gasteiger partial charge < -0.3 is 0 Å². The molecular formula is C16H17OP. The molecule has 0 aliphatic carbocycles. The van der Waals surface area contributed by atoms with Crippen molar-refractivity contribution < 1.29 is 4.52 Å². The van der Waals surface area contributed by atoms with Gasteiger partial charge in [-0.05, 0) is 0 Å². The summed E-state index contributed by atoms with van der Waals surface area (Å²) in [5.74, 6) is 2.99. The molecule has 18 heavy (non-hydrogen) atoms. The molecule has 2 aromatic rings. The summed E-state index contributed by atoms with van der Waals surface area (Å²) in [5, 5.41) is 1.29. The molecule has 0 atom stereocenters. The third kappa shape index (κ3) is 1.44. The van der Waals surface area contributed by atoms with E-state index in [2.05, 4.69) is 56.3 Å². The summed E-state index contributed by atoms with van der Waals surface area (Å²) in [6.07, 6.45) is 0. The van der Waals surface area contributed by atoms with Gasteiger partial charge in [-0.15, -0.1) is 0 Å². The second-order valence-corrected chi connectivity index (χ2v) is 10.6. The molecule has 0 saturated heterocycles. The summed E-state index contributed by atoms with van der Waals surface area (Å²) >= 11 is 0. The van der Waals surface area contributed by atoms with Crippen molar-refractivity contribution in [2.24, 2.45) is 0 Å². The van der Waals surface area contributed by atoms with E-state index in [0.717, 1.165) is 5.75 Å². The third-order valence-electron chi connectivity index (χ3n) is 3.71. The molecule has 0 bridgehead atoms. The van der Waals surface area contributed by atoms with Gasteiger partial charge >= 0.3 is 108 Å². The predicted molar refractivity (Wildman–Crippen MR) is 81.1 cm³/mol. The minimum atomic E-state index is -2.50. The average molecular weight is 256 g/mol. The number of fused-ring (bicyclic) bond motifs is 3. The molecule has 1 aliphatic heterocycles. The number of benzene rings is 2. The van der Waals surface area contributed by atoms with Crippen molar-refractivity contribution in [2.75, 3.05) is 13.3 Å². The van der Waals surface area contributed by atoms with Gasteiger partial charge in [0.05, 0.1) is 0 Å².